The van der Waals surface area contributed by atoms with Gasteiger partial charge < -0.3 is 16.4 Å². The predicted octanol–water partition coefficient (Wildman–Crippen LogP) is 3.16. The third kappa shape index (κ3) is 4.37. The van der Waals surface area contributed by atoms with Crippen molar-refractivity contribution in [1.82, 2.24) is 15.1 Å². The van der Waals surface area contributed by atoms with Crippen LogP contribution in [0.3, 0.4) is 0 Å². The maximum Gasteiger partial charge on any atom is 0.316 e. The fourth-order valence-electron chi connectivity index (χ4n) is 2.94. The number of anilines is 1. The lowest BCUT2D eigenvalue weighted by Gasteiger charge is -2.09. The second-order valence-corrected chi connectivity index (χ2v) is 6.47. The molecule has 144 valence electrons. The number of nitrogens with zero attached hydrogens (tertiary/aromatic N) is 2. The summed E-state index contributed by atoms with van der Waals surface area (Å²) in [7, 11) is 0. The van der Waals surface area contributed by atoms with E-state index in [2.05, 4.69) is 15.7 Å². The van der Waals surface area contributed by atoms with Gasteiger partial charge in [0.05, 0.1) is 23.1 Å². The molecule has 0 saturated carbocycles. The first-order chi connectivity index (χ1) is 13.5. The van der Waals surface area contributed by atoms with Gasteiger partial charge in [0.15, 0.2) is 0 Å². The number of primary amides is 1. The van der Waals surface area contributed by atoms with Crippen molar-refractivity contribution < 1.29 is 9.59 Å². The molecule has 7 nitrogen and oxygen atoms in total. The molecule has 0 atom stereocenters. The van der Waals surface area contributed by atoms with Gasteiger partial charge in [0, 0.05) is 12.2 Å². The largest absolute Gasteiger partial charge is 0.351 e. The molecule has 0 saturated heterocycles. The number of hydrogen-bond acceptors (Lipinski definition) is 3. The van der Waals surface area contributed by atoms with Crippen LogP contribution in [0.5, 0.6) is 0 Å². The molecule has 0 aliphatic heterocycles. The van der Waals surface area contributed by atoms with Crippen LogP contribution in [0.25, 0.3) is 5.69 Å². The molecule has 1 heterocycles. The minimum Gasteiger partial charge on any atom is -0.351 e. The van der Waals surface area contributed by atoms with E-state index in [1.54, 1.807) is 23.0 Å². The highest BCUT2D eigenvalue weighted by Crippen LogP contribution is 2.17. The zero-order valence-corrected chi connectivity index (χ0v) is 15.9. The summed E-state index contributed by atoms with van der Waals surface area (Å²) >= 11 is 0. The van der Waals surface area contributed by atoms with Gasteiger partial charge >= 0.3 is 6.03 Å². The minimum absolute atomic E-state index is 0.172. The number of carbonyl (C=O) groups excluding carboxylic acids is 2. The van der Waals surface area contributed by atoms with Gasteiger partial charge in [-0.05, 0) is 43.2 Å². The molecule has 0 aliphatic rings. The maximum atomic E-state index is 12.7. The Balaban J connectivity index is 1.70. The zero-order chi connectivity index (χ0) is 20.1. The Hall–Kier alpha value is -3.61. The summed E-state index contributed by atoms with van der Waals surface area (Å²) < 4.78 is 1.80. The molecule has 0 aliphatic carbocycles. The van der Waals surface area contributed by atoms with Crippen molar-refractivity contribution >= 4 is 17.6 Å². The third-order valence-electron chi connectivity index (χ3n) is 4.40. The van der Waals surface area contributed by atoms with Gasteiger partial charge in [0.25, 0.3) is 5.91 Å². The summed E-state index contributed by atoms with van der Waals surface area (Å²) in [6.45, 7) is 4.40. The molecule has 4 N–H and O–H groups in total. The van der Waals surface area contributed by atoms with E-state index in [-0.39, 0.29) is 5.91 Å². The molecule has 0 unspecified atom stereocenters. The van der Waals surface area contributed by atoms with Crippen LogP contribution < -0.4 is 16.4 Å². The van der Waals surface area contributed by atoms with Crippen molar-refractivity contribution in [2.45, 2.75) is 26.8 Å². The number of benzene rings is 2. The average Bonchev–Trinajstić information content (AvgIpc) is 3.11. The maximum absolute atomic E-state index is 12.7. The Morgan fingerprint density at radius 2 is 1.75 bits per heavy atom. The molecular formula is C21H23N5O2. The molecule has 0 bridgehead atoms. The third-order valence-corrected chi connectivity index (χ3v) is 4.40. The monoisotopic (exact) mass is 377 g/mol. The highest BCUT2D eigenvalue weighted by molar-refractivity contribution is 5.95. The van der Waals surface area contributed by atoms with Crippen LogP contribution in [0.4, 0.5) is 10.5 Å². The molecule has 0 spiro atoms. The lowest BCUT2D eigenvalue weighted by Crippen LogP contribution is -2.24. The summed E-state index contributed by atoms with van der Waals surface area (Å²) in [6.07, 6.45) is 2.29. The summed E-state index contributed by atoms with van der Waals surface area (Å²) in [6, 6.07) is 14.5. The molecule has 0 fully saturated rings. The van der Waals surface area contributed by atoms with Crippen molar-refractivity contribution in [3.63, 3.8) is 0 Å². The molecule has 3 amide bonds. The number of urea groups is 1. The van der Waals surface area contributed by atoms with Crippen molar-refractivity contribution in [3.8, 4) is 5.69 Å². The van der Waals surface area contributed by atoms with Crippen LogP contribution in [-0.4, -0.2) is 21.7 Å². The molecular weight excluding hydrogens is 354 g/mol. The number of rotatable bonds is 6. The van der Waals surface area contributed by atoms with Gasteiger partial charge in [-0.25, -0.2) is 9.48 Å². The summed E-state index contributed by atoms with van der Waals surface area (Å²) in [4.78, 5) is 23.5. The van der Waals surface area contributed by atoms with Gasteiger partial charge in [0.2, 0.25) is 0 Å². The zero-order valence-electron chi connectivity index (χ0n) is 15.9. The van der Waals surface area contributed by atoms with E-state index < -0.39 is 6.03 Å². The van der Waals surface area contributed by atoms with Crippen LogP contribution in [-0.2, 0) is 13.0 Å². The number of aryl methyl sites for hydroxylation is 1. The molecule has 0 radical (unpaired) electrons. The van der Waals surface area contributed by atoms with E-state index >= 15 is 0 Å². The average molecular weight is 377 g/mol. The van der Waals surface area contributed by atoms with E-state index in [0.717, 1.165) is 16.9 Å². The Kier molecular flexibility index (Phi) is 5.74. The first-order valence-corrected chi connectivity index (χ1v) is 9.05. The SMILES string of the molecule is CCc1c(C(=O)NCc2ccc(NC(N)=O)cc2)cnn1-c1ccc(C)cc1. The molecule has 28 heavy (non-hydrogen) atoms. The van der Waals surface area contributed by atoms with Gasteiger partial charge in [-0.3, -0.25) is 4.79 Å². The fourth-order valence-corrected chi connectivity index (χ4v) is 2.94. The predicted molar refractivity (Wildman–Crippen MR) is 108 cm³/mol. The second kappa shape index (κ2) is 8.39. The minimum atomic E-state index is -0.612. The van der Waals surface area contributed by atoms with E-state index in [1.807, 2.05) is 50.2 Å². The number of nitrogens with two attached hydrogens (primary N) is 1. The summed E-state index contributed by atoms with van der Waals surface area (Å²) in [5.74, 6) is -0.172. The van der Waals surface area contributed by atoms with Crippen molar-refractivity contribution in [2.24, 2.45) is 5.73 Å². The van der Waals surface area contributed by atoms with E-state index in [1.165, 1.54) is 5.56 Å². The number of aromatic nitrogens is 2. The summed E-state index contributed by atoms with van der Waals surface area (Å²) in [5.41, 5.74) is 10.1. The van der Waals surface area contributed by atoms with Crippen LogP contribution in [0.15, 0.2) is 54.7 Å². The highest BCUT2D eigenvalue weighted by atomic mass is 16.2. The quantitative estimate of drug-likeness (QED) is 0.615. The van der Waals surface area contributed by atoms with Gasteiger partial charge in [0.1, 0.15) is 0 Å². The molecule has 1 aromatic heterocycles. The van der Waals surface area contributed by atoms with Crippen LogP contribution in [0.2, 0.25) is 0 Å². The number of carbonyl (C=O) groups is 2. The number of amides is 3. The Bertz CT molecular complexity index is 975. The van der Waals surface area contributed by atoms with E-state index in [9.17, 15) is 9.59 Å². The van der Waals surface area contributed by atoms with Crippen molar-refractivity contribution in [1.29, 1.82) is 0 Å². The Morgan fingerprint density at radius 1 is 1.07 bits per heavy atom. The molecule has 3 rings (SSSR count). The fraction of sp³-hybridized carbons (Fsp3) is 0.190. The lowest BCUT2D eigenvalue weighted by molar-refractivity contribution is 0.0950. The van der Waals surface area contributed by atoms with Gasteiger partial charge in [-0.15, -0.1) is 0 Å². The second-order valence-electron chi connectivity index (χ2n) is 6.47. The topological polar surface area (TPSA) is 102 Å². The highest BCUT2D eigenvalue weighted by Gasteiger charge is 2.17. The first kappa shape index (κ1) is 19.2. The van der Waals surface area contributed by atoms with Crippen LogP contribution in [0, 0.1) is 6.92 Å². The molecule has 3 aromatic rings. The standard InChI is InChI=1S/C21H23N5O2/c1-3-19-18(13-24-26(19)17-10-4-14(2)5-11-17)20(27)23-12-15-6-8-16(9-7-15)25-21(22)28/h4-11,13H,3,12H2,1-2H3,(H,23,27)(H3,22,25,28). The first-order valence-electron chi connectivity index (χ1n) is 9.05. The van der Waals surface area contributed by atoms with E-state index in [4.69, 9.17) is 5.73 Å². The van der Waals surface area contributed by atoms with Gasteiger partial charge in [-0.2, -0.15) is 5.10 Å². The van der Waals surface area contributed by atoms with E-state index in [0.29, 0.717) is 24.2 Å². The van der Waals surface area contributed by atoms with Crippen LogP contribution >= 0.6 is 0 Å². The smallest absolute Gasteiger partial charge is 0.316 e. The Morgan fingerprint density at radius 3 is 2.36 bits per heavy atom. The van der Waals surface area contributed by atoms with Gasteiger partial charge in [-0.1, -0.05) is 36.8 Å². The number of hydrogen-bond donors (Lipinski definition) is 3. The summed E-state index contributed by atoms with van der Waals surface area (Å²) in [5, 5.41) is 9.83. The van der Waals surface area contributed by atoms with Crippen LogP contribution in [0.1, 0.15) is 34.1 Å². The Labute approximate surface area is 163 Å². The lowest BCUT2D eigenvalue weighted by atomic mass is 10.1. The normalized spacial score (nSPS) is 10.5. The molecule has 2 aromatic carbocycles. The van der Waals surface area contributed by atoms with Crippen molar-refractivity contribution in [2.75, 3.05) is 5.32 Å². The van der Waals surface area contributed by atoms with Crippen molar-refractivity contribution in [3.05, 3.63) is 77.1 Å². The number of nitrogens with one attached hydrogen (secondary N) is 2. The molecule has 7 heteroatoms.